The maximum absolute atomic E-state index is 13.8. The van der Waals surface area contributed by atoms with Crippen molar-refractivity contribution in [3.8, 4) is 0 Å². The van der Waals surface area contributed by atoms with Gasteiger partial charge in [0, 0.05) is 14.7 Å². The molecule has 3 atom stereocenters. The molecule has 3 aromatic carbocycles. The Morgan fingerprint density at radius 1 is 0.829 bits per heavy atom. The van der Waals surface area contributed by atoms with E-state index in [-0.39, 0.29) is 17.7 Å². The van der Waals surface area contributed by atoms with E-state index in [0.29, 0.717) is 5.56 Å². The lowest BCUT2D eigenvalue weighted by Crippen LogP contribution is -2.50. The van der Waals surface area contributed by atoms with Crippen LogP contribution in [0.3, 0.4) is 0 Å². The maximum Gasteiger partial charge on any atom is 0.237 e. The van der Waals surface area contributed by atoms with Crippen LogP contribution in [0.5, 0.6) is 0 Å². The molecule has 2 aliphatic heterocycles. The lowest BCUT2D eigenvalue weighted by atomic mass is 9.77. The highest BCUT2D eigenvalue weighted by Gasteiger charge is 2.74. The number of benzene rings is 3. The van der Waals surface area contributed by atoms with E-state index in [0.717, 1.165) is 14.7 Å². The van der Waals surface area contributed by atoms with Crippen molar-refractivity contribution in [3.05, 3.63) is 104 Å². The zero-order valence-electron chi connectivity index (χ0n) is 18.7. The topological polar surface area (TPSA) is 80.8 Å². The van der Waals surface area contributed by atoms with Gasteiger partial charge in [0.15, 0.2) is 0 Å². The predicted molar refractivity (Wildman–Crippen MR) is 135 cm³/mol. The van der Waals surface area contributed by atoms with Crippen LogP contribution in [0.4, 0.5) is 0 Å². The van der Waals surface area contributed by atoms with E-state index in [2.05, 4.69) is 22.6 Å². The fourth-order valence-electron chi connectivity index (χ4n) is 5.56. The maximum atomic E-state index is 13.8. The largest absolute Gasteiger partial charge is 0.349 e. The number of fused-ring (bicyclic) bond motifs is 3. The van der Waals surface area contributed by atoms with Crippen molar-refractivity contribution >= 4 is 46.0 Å². The first-order valence-corrected chi connectivity index (χ1v) is 12.4. The molecule has 2 fully saturated rings. The lowest BCUT2D eigenvalue weighted by Gasteiger charge is -2.27. The molecular formula is C28H20INO5. The second kappa shape index (κ2) is 7.93. The van der Waals surface area contributed by atoms with Gasteiger partial charge in [-0.25, -0.2) is 0 Å². The zero-order valence-corrected chi connectivity index (χ0v) is 20.9. The first-order chi connectivity index (χ1) is 16.8. The normalized spacial score (nSPS) is 24.4. The second-order valence-corrected chi connectivity index (χ2v) is 10.5. The van der Waals surface area contributed by atoms with Gasteiger partial charge >= 0.3 is 0 Å². The third-order valence-electron chi connectivity index (χ3n) is 7.27. The quantitative estimate of drug-likeness (QED) is 0.264. The van der Waals surface area contributed by atoms with Gasteiger partial charge < -0.3 is 4.74 Å². The van der Waals surface area contributed by atoms with Crippen LogP contribution in [-0.4, -0.2) is 33.9 Å². The van der Waals surface area contributed by atoms with Gasteiger partial charge in [-0.2, -0.15) is 0 Å². The van der Waals surface area contributed by atoms with E-state index >= 15 is 0 Å². The molecule has 0 saturated carbocycles. The number of imide groups is 1. The number of carbonyl (C=O) groups excluding carboxylic acids is 4. The Hall–Kier alpha value is -3.17. The minimum atomic E-state index is -2.03. The van der Waals surface area contributed by atoms with Gasteiger partial charge in [-0.3, -0.25) is 24.1 Å². The summed E-state index contributed by atoms with van der Waals surface area (Å²) in [7, 11) is 0. The van der Waals surface area contributed by atoms with Gasteiger partial charge in [0.05, 0.1) is 24.5 Å². The van der Waals surface area contributed by atoms with Crippen LogP contribution in [0.25, 0.3) is 0 Å². The zero-order chi connectivity index (χ0) is 24.5. The lowest BCUT2D eigenvalue weighted by molar-refractivity contribution is -0.145. The molecule has 3 aromatic rings. The minimum Gasteiger partial charge on any atom is -0.349 e. The van der Waals surface area contributed by atoms with Gasteiger partial charge in [-0.1, -0.05) is 66.2 Å². The Kier molecular flexibility index (Phi) is 5.05. The molecule has 174 valence electrons. The predicted octanol–water partition coefficient (Wildman–Crippen LogP) is 4.29. The van der Waals surface area contributed by atoms with E-state index in [1.807, 2.05) is 55.5 Å². The number of rotatable bonds is 3. The summed E-state index contributed by atoms with van der Waals surface area (Å²) in [6.45, 7) is 2.04. The van der Waals surface area contributed by atoms with Gasteiger partial charge in [0.2, 0.25) is 29.0 Å². The Morgan fingerprint density at radius 3 is 2.03 bits per heavy atom. The molecule has 0 radical (unpaired) electrons. The standard InChI is InChI=1S/C28H20INO5/c1-15-6-8-16(9-7-15)14-30-26(33)21-22(27(30)34)28(35-23(21)17-10-12-18(29)13-11-17)24(31)19-4-2-3-5-20(19)25(28)32/h2-13,21-23H,14H2,1H3/t21-,22+,23+/m1/s1. The van der Waals surface area contributed by atoms with Crippen LogP contribution in [-0.2, 0) is 20.9 Å². The molecule has 2 amide bonds. The number of ether oxygens (including phenoxy) is 1. The van der Waals surface area contributed by atoms with Crippen LogP contribution in [0.1, 0.15) is 43.5 Å². The van der Waals surface area contributed by atoms with E-state index in [1.54, 1.807) is 24.3 Å². The molecule has 7 heteroatoms. The summed E-state index contributed by atoms with van der Waals surface area (Å²) in [4.78, 5) is 56.2. The molecule has 1 spiro atoms. The Balaban J connectivity index is 1.48. The molecule has 6 nitrogen and oxygen atoms in total. The number of amides is 2. The SMILES string of the molecule is Cc1ccc(CN2C(=O)[C@@H]3[C@@H](C2=O)C2(O[C@H]3c3ccc(I)cc3)C(=O)c3ccccc3C2=O)cc1. The van der Waals surface area contributed by atoms with Gasteiger partial charge in [-0.15, -0.1) is 0 Å². The fourth-order valence-corrected chi connectivity index (χ4v) is 5.92. The summed E-state index contributed by atoms with van der Waals surface area (Å²) in [5.74, 6) is -4.22. The molecule has 35 heavy (non-hydrogen) atoms. The number of halogens is 1. The third-order valence-corrected chi connectivity index (χ3v) is 7.99. The first kappa shape index (κ1) is 22.3. The third kappa shape index (κ3) is 3.11. The van der Waals surface area contributed by atoms with Crippen LogP contribution < -0.4 is 0 Å². The Morgan fingerprint density at radius 2 is 1.43 bits per heavy atom. The van der Waals surface area contributed by atoms with Crippen molar-refractivity contribution in [1.82, 2.24) is 4.90 Å². The smallest absolute Gasteiger partial charge is 0.237 e. The molecule has 2 heterocycles. The monoisotopic (exact) mass is 577 g/mol. The summed E-state index contributed by atoms with van der Waals surface area (Å²) in [6.07, 6.45) is -0.890. The fraction of sp³-hybridized carbons (Fsp3) is 0.214. The van der Waals surface area contributed by atoms with E-state index in [1.165, 1.54) is 4.90 Å². The summed E-state index contributed by atoms with van der Waals surface area (Å²) < 4.78 is 7.29. The Labute approximate surface area is 215 Å². The average molecular weight is 577 g/mol. The summed E-state index contributed by atoms with van der Waals surface area (Å²) in [5.41, 5.74) is 0.957. The number of ketones is 2. The van der Waals surface area contributed by atoms with Crippen molar-refractivity contribution in [2.24, 2.45) is 11.8 Å². The Bertz CT molecular complexity index is 1380. The first-order valence-electron chi connectivity index (χ1n) is 11.4. The summed E-state index contributed by atoms with van der Waals surface area (Å²) in [6, 6.07) is 21.5. The van der Waals surface area contributed by atoms with Gasteiger partial charge in [0.1, 0.15) is 0 Å². The average Bonchev–Trinajstić information content (AvgIpc) is 3.42. The summed E-state index contributed by atoms with van der Waals surface area (Å²) in [5, 5.41) is 0. The van der Waals surface area contributed by atoms with Crippen LogP contribution in [0, 0.1) is 22.3 Å². The number of likely N-dealkylation sites (tertiary alicyclic amines) is 1. The molecule has 6 rings (SSSR count). The molecular weight excluding hydrogens is 557 g/mol. The van der Waals surface area contributed by atoms with Crippen LogP contribution >= 0.6 is 22.6 Å². The molecule has 3 aliphatic rings. The number of Topliss-reactive ketones (excluding diaryl/α,β-unsaturated/α-hetero) is 2. The number of nitrogens with zero attached hydrogens (tertiary/aromatic N) is 1. The van der Waals surface area contributed by atoms with Crippen molar-refractivity contribution in [3.63, 3.8) is 0 Å². The summed E-state index contributed by atoms with van der Waals surface area (Å²) >= 11 is 2.18. The van der Waals surface area contributed by atoms with Crippen molar-refractivity contribution < 1.29 is 23.9 Å². The van der Waals surface area contributed by atoms with Crippen LogP contribution in [0.2, 0.25) is 0 Å². The molecule has 0 unspecified atom stereocenters. The molecule has 1 aliphatic carbocycles. The number of hydrogen-bond acceptors (Lipinski definition) is 5. The van der Waals surface area contributed by atoms with Crippen LogP contribution in [0.15, 0.2) is 72.8 Å². The van der Waals surface area contributed by atoms with E-state index < -0.39 is 46.9 Å². The van der Waals surface area contributed by atoms with Crippen molar-refractivity contribution in [2.45, 2.75) is 25.2 Å². The number of hydrogen-bond donors (Lipinski definition) is 0. The van der Waals surface area contributed by atoms with Crippen molar-refractivity contribution in [1.29, 1.82) is 0 Å². The molecule has 0 N–H and O–H groups in total. The van der Waals surface area contributed by atoms with E-state index in [4.69, 9.17) is 4.74 Å². The minimum absolute atomic E-state index is 0.0791. The highest BCUT2D eigenvalue weighted by atomic mass is 127. The molecule has 2 saturated heterocycles. The van der Waals surface area contributed by atoms with Gasteiger partial charge in [-0.05, 0) is 52.8 Å². The van der Waals surface area contributed by atoms with Crippen molar-refractivity contribution in [2.75, 3.05) is 0 Å². The number of carbonyl (C=O) groups is 4. The molecule has 0 aromatic heterocycles. The highest BCUT2D eigenvalue weighted by molar-refractivity contribution is 14.1. The highest BCUT2D eigenvalue weighted by Crippen LogP contribution is 2.57. The second-order valence-electron chi connectivity index (χ2n) is 9.28. The number of aryl methyl sites for hydroxylation is 1. The van der Waals surface area contributed by atoms with Gasteiger partial charge in [0.25, 0.3) is 0 Å². The molecule has 0 bridgehead atoms. The van der Waals surface area contributed by atoms with E-state index in [9.17, 15) is 19.2 Å².